The van der Waals surface area contributed by atoms with Gasteiger partial charge >= 0.3 is 0 Å². The number of aliphatic hydroxyl groups excluding tert-OH is 1. The van der Waals surface area contributed by atoms with Crippen molar-refractivity contribution < 1.29 is 5.11 Å². The van der Waals surface area contributed by atoms with Crippen molar-refractivity contribution in [2.45, 2.75) is 39.2 Å². The molecule has 10 heavy (non-hydrogen) atoms. The van der Waals surface area contributed by atoms with Crippen molar-refractivity contribution in [3.8, 4) is 0 Å². The molecular formula is C9H17O. The third-order valence-corrected chi connectivity index (χ3v) is 1.97. The van der Waals surface area contributed by atoms with Crippen LogP contribution in [0.15, 0.2) is 6.08 Å². The van der Waals surface area contributed by atoms with E-state index in [1.165, 1.54) is 6.08 Å². The van der Waals surface area contributed by atoms with Gasteiger partial charge in [0, 0.05) is 0 Å². The summed E-state index contributed by atoms with van der Waals surface area (Å²) in [5, 5.41) is 9.40. The summed E-state index contributed by atoms with van der Waals surface area (Å²) >= 11 is 0. The Morgan fingerprint density at radius 2 is 1.90 bits per heavy atom. The van der Waals surface area contributed by atoms with Gasteiger partial charge in [-0.05, 0) is 12.3 Å². The molecule has 1 atom stereocenters. The lowest BCUT2D eigenvalue weighted by molar-refractivity contribution is 0.105. The number of rotatable bonds is 5. The van der Waals surface area contributed by atoms with Crippen LogP contribution in [0, 0.1) is 12.5 Å². The topological polar surface area (TPSA) is 20.2 Å². The molecule has 1 unspecified atom stereocenters. The van der Waals surface area contributed by atoms with Crippen LogP contribution in [-0.4, -0.2) is 11.2 Å². The van der Waals surface area contributed by atoms with E-state index in [-0.39, 0.29) is 6.10 Å². The summed E-state index contributed by atoms with van der Waals surface area (Å²) in [7, 11) is 0. The zero-order valence-electron chi connectivity index (χ0n) is 6.88. The highest BCUT2D eigenvalue weighted by molar-refractivity contribution is 4.74. The Hall–Kier alpha value is -0.300. The Balaban J connectivity index is 3.63. The Morgan fingerprint density at radius 1 is 1.40 bits per heavy atom. The van der Waals surface area contributed by atoms with Crippen LogP contribution in [0.4, 0.5) is 0 Å². The quantitative estimate of drug-likeness (QED) is 0.622. The van der Waals surface area contributed by atoms with Crippen LogP contribution < -0.4 is 0 Å². The fraction of sp³-hybridized carbons (Fsp3) is 0.778. The normalized spacial score (nSPS) is 13.6. The fourth-order valence-corrected chi connectivity index (χ4v) is 1.16. The van der Waals surface area contributed by atoms with E-state index >= 15 is 0 Å². The van der Waals surface area contributed by atoms with Gasteiger partial charge in [-0.1, -0.05) is 39.3 Å². The Bertz CT molecular complexity index is 84.7. The van der Waals surface area contributed by atoms with Gasteiger partial charge in [-0.25, -0.2) is 0 Å². The summed E-state index contributed by atoms with van der Waals surface area (Å²) in [5.41, 5.74) is 0. The Labute approximate surface area is 63.8 Å². The molecule has 1 heteroatoms. The van der Waals surface area contributed by atoms with E-state index in [1.54, 1.807) is 0 Å². The highest BCUT2D eigenvalue weighted by Crippen LogP contribution is 2.15. The predicted octanol–water partition coefficient (Wildman–Crippen LogP) is 2.16. The minimum Gasteiger partial charge on any atom is -0.393 e. The van der Waals surface area contributed by atoms with Crippen LogP contribution in [0.5, 0.6) is 0 Å². The lowest BCUT2D eigenvalue weighted by atomic mass is 9.94. The summed E-state index contributed by atoms with van der Waals surface area (Å²) in [6.07, 6.45) is 3.98. The van der Waals surface area contributed by atoms with Gasteiger partial charge in [-0.2, -0.15) is 0 Å². The van der Waals surface area contributed by atoms with Crippen molar-refractivity contribution >= 4 is 0 Å². The molecule has 0 saturated heterocycles. The van der Waals surface area contributed by atoms with Crippen molar-refractivity contribution in [3.63, 3.8) is 0 Å². The summed E-state index contributed by atoms with van der Waals surface area (Å²) in [4.78, 5) is 0. The molecule has 0 aliphatic heterocycles. The maximum Gasteiger partial charge on any atom is 0.0602 e. The molecule has 0 aliphatic rings. The van der Waals surface area contributed by atoms with Gasteiger partial charge in [0.2, 0.25) is 0 Å². The second-order valence-corrected chi connectivity index (χ2v) is 2.62. The van der Waals surface area contributed by atoms with Crippen LogP contribution in [0.3, 0.4) is 0 Å². The van der Waals surface area contributed by atoms with Gasteiger partial charge in [-0.3, -0.25) is 0 Å². The van der Waals surface area contributed by atoms with E-state index in [9.17, 15) is 5.11 Å². The molecule has 0 spiro atoms. The molecule has 0 bridgehead atoms. The van der Waals surface area contributed by atoms with Crippen LogP contribution in [-0.2, 0) is 0 Å². The fourth-order valence-electron chi connectivity index (χ4n) is 1.16. The molecule has 1 N–H and O–H groups in total. The largest absolute Gasteiger partial charge is 0.393 e. The average Bonchev–Trinajstić information content (AvgIpc) is 1.91. The van der Waals surface area contributed by atoms with Gasteiger partial charge in [0.05, 0.1) is 6.10 Å². The van der Waals surface area contributed by atoms with E-state index in [0.717, 1.165) is 12.8 Å². The van der Waals surface area contributed by atoms with Gasteiger partial charge in [0.1, 0.15) is 0 Å². The van der Waals surface area contributed by atoms with E-state index in [4.69, 9.17) is 6.58 Å². The van der Waals surface area contributed by atoms with Crippen LogP contribution in [0.2, 0.25) is 0 Å². The molecule has 0 saturated carbocycles. The van der Waals surface area contributed by atoms with Crippen LogP contribution in [0.1, 0.15) is 33.1 Å². The summed E-state index contributed by atoms with van der Waals surface area (Å²) in [6, 6.07) is 0. The van der Waals surface area contributed by atoms with E-state index in [2.05, 4.69) is 13.8 Å². The second-order valence-electron chi connectivity index (χ2n) is 2.62. The zero-order valence-corrected chi connectivity index (χ0v) is 6.88. The van der Waals surface area contributed by atoms with Gasteiger partial charge in [-0.15, -0.1) is 0 Å². The first kappa shape index (κ1) is 9.70. The minimum absolute atomic E-state index is 0.236. The smallest absolute Gasteiger partial charge is 0.0602 e. The number of hydrogen-bond donors (Lipinski definition) is 1. The SMILES string of the molecule is [CH]=CCC(O)C(CC)CC. The van der Waals surface area contributed by atoms with E-state index in [1.807, 2.05) is 0 Å². The molecule has 0 aliphatic carbocycles. The van der Waals surface area contributed by atoms with Crippen molar-refractivity contribution in [2.75, 3.05) is 0 Å². The highest BCUT2D eigenvalue weighted by atomic mass is 16.3. The minimum atomic E-state index is -0.236. The summed E-state index contributed by atoms with van der Waals surface area (Å²) in [6.45, 7) is 9.37. The van der Waals surface area contributed by atoms with Gasteiger partial charge in [0.15, 0.2) is 0 Å². The van der Waals surface area contributed by atoms with Crippen LogP contribution >= 0.6 is 0 Å². The second kappa shape index (κ2) is 5.48. The molecule has 0 aromatic rings. The molecule has 0 heterocycles. The summed E-state index contributed by atoms with van der Waals surface area (Å²) in [5.74, 6) is 0.416. The molecule has 0 aromatic heterocycles. The maximum absolute atomic E-state index is 9.40. The number of hydrogen-bond acceptors (Lipinski definition) is 1. The molecule has 59 valence electrons. The van der Waals surface area contributed by atoms with Crippen molar-refractivity contribution in [2.24, 2.45) is 5.92 Å². The molecular weight excluding hydrogens is 124 g/mol. The van der Waals surface area contributed by atoms with Crippen molar-refractivity contribution in [1.29, 1.82) is 0 Å². The molecule has 0 amide bonds. The van der Waals surface area contributed by atoms with E-state index < -0.39 is 0 Å². The number of aliphatic hydroxyl groups is 1. The Morgan fingerprint density at radius 3 is 2.20 bits per heavy atom. The average molecular weight is 141 g/mol. The first-order chi connectivity index (χ1) is 4.76. The maximum atomic E-state index is 9.40. The summed E-state index contributed by atoms with van der Waals surface area (Å²) < 4.78 is 0. The third-order valence-electron chi connectivity index (χ3n) is 1.97. The molecule has 1 radical (unpaired) electrons. The molecule has 1 nitrogen and oxygen atoms in total. The standard InChI is InChI=1S/C9H17O/c1-4-7-9(10)8(5-2)6-3/h1,4,8-10H,5-7H2,2-3H3. The first-order valence-corrected chi connectivity index (χ1v) is 3.97. The van der Waals surface area contributed by atoms with Crippen LogP contribution in [0.25, 0.3) is 0 Å². The first-order valence-electron chi connectivity index (χ1n) is 3.97. The van der Waals surface area contributed by atoms with Crippen molar-refractivity contribution in [3.05, 3.63) is 12.7 Å². The zero-order chi connectivity index (χ0) is 7.98. The van der Waals surface area contributed by atoms with Crippen molar-refractivity contribution in [1.82, 2.24) is 0 Å². The van der Waals surface area contributed by atoms with E-state index in [0.29, 0.717) is 12.3 Å². The van der Waals surface area contributed by atoms with Gasteiger partial charge in [0.25, 0.3) is 0 Å². The predicted molar refractivity (Wildman–Crippen MR) is 43.6 cm³/mol. The molecule has 0 aromatic carbocycles. The van der Waals surface area contributed by atoms with Gasteiger partial charge < -0.3 is 5.11 Å². The molecule has 0 rings (SSSR count). The molecule has 0 fully saturated rings. The highest BCUT2D eigenvalue weighted by Gasteiger charge is 2.12. The third kappa shape index (κ3) is 3.02. The Kier molecular flexibility index (Phi) is 5.32. The lowest BCUT2D eigenvalue weighted by Gasteiger charge is -2.17. The lowest BCUT2D eigenvalue weighted by Crippen LogP contribution is -2.17. The monoisotopic (exact) mass is 141 g/mol.